The molecule has 1 saturated carbocycles. The van der Waals surface area contributed by atoms with Gasteiger partial charge in [0.1, 0.15) is 0 Å². The van der Waals surface area contributed by atoms with Gasteiger partial charge < -0.3 is 11.1 Å². The molecule has 2 unspecified atom stereocenters. The Morgan fingerprint density at radius 2 is 2.12 bits per heavy atom. The van der Waals surface area contributed by atoms with Crippen molar-refractivity contribution in [2.75, 3.05) is 6.26 Å². The Kier molecular flexibility index (Phi) is 5.25. The number of carbonyl (C=O) groups excluding carboxylic acids is 1. The van der Waals surface area contributed by atoms with Crippen molar-refractivity contribution in [3.63, 3.8) is 0 Å². The standard InChI is InChI=1S/C12H22N2OS2/c1-12(2,10(13)16)11(15)14-8-5-4-6-9(7-8)17-3/h8-9H,4-7H2,1-3H3,(H2,13,16)(H,14,15). The SMILES string of the molecule is CSC1CCCC(NC(=O)C(C)(C)C(N)=S)C1. The van der Waals surface area contributed by atoms with Gasteiger partial charge in [0.25, 0.3) is 0 Å². The van der Waals surface area contributed by atoms with Crippen molar-refractivity contribution in [2.24, 2.45) is 11.1 Å². The van der Waals surface area contributed by atoms with Gasteiger partial charge in [-0.25, -0.2) is 0 Å². The number of rotatable bonds is 4. The molecule has 98 valence electrons. The summed E-state index contributed by atoms with van der Waals surface area (Å²) in [5.41, 5.74) is 4.85. The molecule has 3 nitrogen and oxygen atoms in total. The summed E-state index contributed by atoms with van der Waals surface area (Å²) in [6, 6.07) is 0.280. The molecule has 1 aliphatic carbocycles. The largest absolute Gasteiger partial charge is 0.392 e. The lowest BCUT2D eigenvalue weighted by molar-refractivity contribution is -0.127. The first-order chi connectivity index (χ1) is 7.87. The van der Waals surface area contributed by atoms with Gasteiger partial charge in [0.15, 0.2) is 0 Å². The minimum Gasteiger partial charge on any atom is -0.392 e. The number of nitrogens with two attached hydrogens (primary N) is 1. The minimum atomic E-state index is -0.748. The molecule has 3 N–H and O–H groups in total. The second-order valence-corrected chi connectivity index (χ2v) is 6.76. The van der Waals surface area contributed by atoms with Gasteiger partial charge in [-0.2, -0.15) is 11.8 Å². The highest BCUT2D eigenvalue weighted by Crippen LogP contribution is 2.27. The first-order valence-electron chi connectivity index (χ1n) is 6.01. The van der Waals surface area contributed by atoms with Crippen molar-refractivity contribution in [2.45, 2.75) is 50.8 Å². The zero-order valence-electron chi connectivity index (χ0n) is 10.8. The van der Waals surface area contributed by atoms with E-state index in [9.17, 15) is 4.79 Å². The Balaban J connectivity index is 2.54. The summed E-state index contributed by atoms with van der Waals surface area (Å²) in [5.74, 6) is -0.0447. The fraction of sp³-hybridized carbons (Fsp3) is 0.833. The van der Waals surface area contributed by atoms with Gasteiger partial charge >= 0.3 is 0 Å². The fourth-order valence-electron chi connectivity index (χ4n) is 1.97. The van der Waals surface area contributed by atoms with Crippen molar-refractivity contribution in [3.8, 4) is 0 Å². The lowest BCUT2D eigenvalue weighted by Gasteiger charge is -2.31. The predicted octanol–water partition coefficient (Wildman–Crippen LogP) is 2.09. The summed E-state index contributed by atoms with van der Waals surface area (Å²) >= 11 is 6.82. The van der Waals surface area contributed by atoms with Gasteiger partial charge in [-0.1, -0.05) is 18.6 Å². The minimum absolute atomic E-state index is 0.0447. The number of hydrogen-bond donors (Lipinski definition) is 2. The Morgan fingerprint density at radius 3 is 2.65 bits per heavy atom. The third-order valence-electron chi connectivity index (χ3n) is 3.48. The molecule has 0 spiro atoms. The normalized spacial score (nSPS) is 25.4. The van der Waals surface area contributed by atoms with Gasteiger partial charge in [-0.05, 0) is 39.4 Å². The molecule has 0 aromatic carbocycles. The maximum Gasteiger partial charge on any atom is 0.232 e. The summed E-state index contributed by atoms with van der Waals surface area (Å²) in [6.45, 7) is 3.55. The van der Waals surface area contributed by atoms with Crippen LogP contribution in [0.15, 0.2) is 0 Å². The van der Waals surface area contributed by atoms with Gasteiger partial charge in [0.2, 0.25) is 5.91 Å². The predicted molar refractivity (Wildman–Crippen MR) is 78.3 cm³/mol. The lowest BCUT2D eigenvalue weighted by atomic mass is 9.89. The summed E-state index contributed by atoms with van der Waals surface area (Å²) < 4.78 is 0. The molecule has 0 aromatic rings. The molecule has 0 radical (unpaired) electrons. The second kappa shape index (κ2) is 6.05. The molecule has 1 rings (SSSR count). The van der Waals surface area contributed by atoms with Crippen LogP contribution in [0.5, 0.6) is 0 Å². The number of amides is 1. The van der Waals surface area contributed by atoms with E-state index in [1.807, 2.05) is 11.8 Å². The van der Waals surface area contributed by atoms with Crippen molar-refractivity contribution in [1.82, 2.24) is 5.32 Å². The lowest BCUT2D eigenvalue weighted by Crippen LogP contribution is -2.49. The van der Waals surface area contributed by atoms with Crippen LogP contribution in [0.4, 0.5) is 0 Å². The van der Waals surface area contributed by atoms with Crippen LogP contribution in [-0.2, 0) is 4.79 Å². The van der Waals surface area contributed by atoms with Crippen LogP contribution in [0, 0.1) is 5.41 Å². The van der Waals surface area contributed by atoms with Crippen LogP contribution in [0.1, 0.15) is 39.5 Å². The maximum atomic E-state index is 12.1. The van der Waals surface area contributed by atoms with E-state index in [2.05, 4.69) is 11.6 Å². The maximum absolute atomic E-state index is 12.1. The zero-order chi connectivity index (χ0) is 13.1. The van der Waals surface area contributed by atoms with E-state index in [0.717, 1.165) is 12.8 Å². The molecule has 5 heteroatoms. The highest BCUT2D eigenvalue weighted by molar-refractivity contribution is 7.99. The molecular formula is C12H22N2OS2. The summed E-state index contributed by atoms with van der Waals surface area (Å²) in [7, 11) is 0. The fourth-order valence-corrected chi connectivity index (χ4v) is 2.89. The summed E-state index contributed by atoms with van der Waals surface area (Å²) in [6.07, 6.45) is 6.69. The van der Waals surface area contributed by atoms with Crippen LogP contribution in [0.2, 0.25) is 0 Å². The average Bonchev–Trinajstić information content (AvgIpc) is 2.29. The summed E-state index contributed by atoms with van der Waals surface area (Å²) in [4.78, 5) is 12.3. The van der Waals surface area contributed by atoms with E-state index < -0.39 is 5.41 Å². The molecule has 1 fully saturated rings. The Bertz CT molecular complexity index is 305. The summed E-state index contributed by atoms with van der Waals surface area (Å²) in [5, 5.41) is 3.75. The van der Waals surface area contributed by atoms with Crippen LogP contribution >= 0.6 is 24.0 Å². The van der Waals surface area contributed by atoms with Gasteiger partial charge in [-0.3, -0.25) is 4.79 Å². The molecule has 17 heavy (non-hydrogen) atoms. The van der Waals surface area contributed by atoms with Gasteiger partial charge in [-0.15, -0.1) is 0 Å². The first kappa shape index (κ1) is 14.8. The molecule has 0 saturated heterocycles. The zero-order valence-corrected chi connectivity index (χ0v) is 12.4. The molecule has 2 atom stereocenters. The molecule has 0 bridgehead atoms. The van der Waals surface area contributed by atoms with E-state index in [4.69, 9.17) is 18.0 Å². The number of nitrogens with one attached hydrogen (secondary N) is 1. The average molecular weight is 274 g/mol. The molecule has 0 heterocycles. The molecule has 1 aliphatic rings. The molecular weight excluding hydrogens is 252 g/mol. The Hall–Kier alpha value is -0.290. The molecule has 0 aliphatic heterocycles. The van der Waals surface area contributed by atoms with E-state index >= 15 is 0 Å². The van der Waals surface area contributed by atoms with E-state index in [1.54, 1.807) is 13.8 Å². The van der Waals surface area contributed by atoms with Gasteiger partial charge in [0, 0.05) is 11.3 Å². The number of thiocarbonyl (C=S) groups is 1. The van der Waals surface area contributed by atoms with Crippen molar-refractivity contribution in [1.29, 1.82) is 0 Å². The van der Waals surface area contributed by atoms with Crippen LogP contribution in [0.3, 0.4) is 0 Å². The van der Waals surface area contributed by atoms with E-state index in [1.165, 1.54) is 12.8 Å². The highest BCUT2D eigenvalue weighted by Gasteiger charge is 2.33. The second-order valence-electron chi connectivity index (χ2n) is 5.18. The van der Waals surface area contributed by atoms with E-state index in [-0.39, 0.29) is 16.9 Å². The van der Waals surface area contributed by atoms with Crippen LogP contribution < -0.4 is 11.1 Å². The monoisotopic (exact) mass is 274 g/mol. The van der Waals surface area contributed by atoms with Crippen LogP contribution in [-0.4, -0.2) is 28.4 Å². The third-order valence-corrected chi connectivity index (χ3v) is 5.08. The third kappa shape index (κ3) is 3.85. The van der Waals surface area contributed by atoms with Gasteiger partial charge in [0.05, 0.1) is 10.4 Å². The number of hydrogen-bond acceptors (Lipinski definition) is 3. The van der Waals surface area contributed by atoms with Crippen molar-refractivity contribution in [3.05, 3.63) is 0 Å². The van der Waals surface area contributed by atoms with Crippen molar-refractivity contribution >= 4 is 34.9 Å². The van der Waals surface area contributed by atoms with Crippen LogP contribution in [0.25, 0.3) is 0 Å². The van der Waals surface area contributed by atoms with Crippen molar-refractivity contribution < 1.29 is 4.79 Å². The van der Waals surface area contributed by atoms with E-state index in [0.29, 0.717) is 5.25 Å². The highest BCUT2D eigenvalue weighted by atomic mass is 32.2. The Labute approximate surface area is 113 Å². The molecule has 0 aromatic heterocycles. The Morgan fingerprint density at radius 1 is 1.47 bits per heavy atom. The number of carbonyl (C=O) groups is 1. The first-order valence-corrected chi connectivity index (χ1v) is 7.71. The topological polar surface area (TPSA) is 55.1 Å². The molecule has 1 amide bonds. The number of thioether (sulfide) groups is 1. The quantitative estimate of drug-likeness (QED) is 0.771. The smallest absolute Gasteiger partial charge is 0.232 e.